The summed E-state index contributed by atoms with van der Waals surface area (Å²) >= 11 is 2.07. The van der Waals surface area contributed by atoms with E-state index in [4.69, 9.17) is 0 Å². The van der Waals surface area contributed by atoms with Gasteiger partial charge in [-0.25, -0.2) is 0 Å². The van der Waals surface area contributed by atoms with E-state index < -0.39 is 0 Å². The first kappa shape index (κ1) is 12.1. The van der Waals surface area contributed by atoms with Crippen molar-refractivity contribution in [1.82, 2.24) is 10.2 Å². The molecule has 0 aromatic carbocycles. The molecule has 0 aromatic rings. The van der Waals surface area contributed by atoms with Gasteiger partial charge in [0.15, 0.2) is 0 Å². The van der Waals surface area contributed by atoms with E-state index in [1.165, 1.54) is 37.6 Å². The van der Waals surface area contributed by atoms with Crippen molar-refractivity contribution in [3.63, 3.8) is 0 Å². The van der Waals surface area contributed by atoms with Gasteiger partial charge in [-0.05, 0) is 13.0 Å². The summed E-state index contributed by atoms with van der Waals surface area (Å²) in [7, 11) is 0. The number of nitrogens with one attached hydrogen (secondary N) is 1. The zero-order valence-corrected chi connectivity index (χ0v) is 9.98. The Labute approximate surface area is 92.1 Å². The molecule has 0 radical (unpaired) electrons. The van der Waals surface area contributed by atoms with Crippen molar-refractivity contribution in [2.75, 3.05) is 37.7 Å². The molecule has 2 nitrogen and oxygen atoms in total. The molecule has 1 aliphatic rings. The standard InChI is InChI=1S/C11H22N2S/c1-3-6-13(7-4-2)9-11-10-14-8-5-12-11/h3,11-12H,1,4-10H2,2H3. The predicted octanol–water partition coefficient (Wildman–Crippen LogP) is 1.59. The van der Waals surface area contributed by atoms with Crippen LogP contribution in [-0.4, -0.2) is 48.6 Å². The van der Waals surface area contributed by atoms with Gasteiger partial charge in [0, 0.05) is 37.2 Å². The lowest BCUT2D eigenvalue weighted by atomic mass is 10.2. The molecule has 1 rings (SSSR count). The van der Waals surface area contributed by atoms with Gasteiger partial charge in [-0.3, -0.25) is 4.90 Å². The second-order valence-corrected chi connectivity index (χ2v) is 4.92. The molecule has 3 heteroatoms. The fourth-order valence-corrected chi connectivity index (χ4v) is 2.74. The number of nitrogens with zero attached hydrogens (tertiary/aromatic N) is 1. The van der Waals surface area contributed by atoms with Crippen LogP contribution in [0, 0.1) is 0 Å². The Kier molecular flexibility index (Phi) is 6.32. The molecule has 1 N–H and O–H groups in total. The van der Waals surface area contributed by atoms with Gasteiger partial charge in [-0.15, -0.1) is 6.58 Å². The molecule has 14 heavy (non-hydrogen) atoms. The highest BCUT2D eigenvalue weighted by Gasteiger charge is 2.15. The van der Waals surface area contributed by atoms with E-state index in [0.717, 1.165) is 6.54 Å². The maximum Gasteiger partial charge on any atom is 0.0286 e. The van der Waals surface area contributed by atoms with Crippen molar-refractivity contribution in [2.24, 2.45) is 0 Å². The highest BCUT2D eigenvalue weighted by Crippen LogP contribution is 2.09. The number of thioether (sulfide) groups is 1. The third-order valence-corrected chi connectivity index (χ3v) is 3.54. The molecule has 82 valence electrons. The lowest BCUT2D eigenvalue weighted by Crippen LogP contribution is -2.46. The first-order valence-corrected chi connectivity index (χ1v) is 6.66. The molecule has 1 heterocycles. The molecule has 0 saturated carbocycles. The van der Waals surface area contributed by atoms with Crippen LogP contribution in [0.15, 0.2) is 12.7 Å². The van der Waals surface area contributed by atoms with Gasteiger partial charge in [0.25, 0.3) is 0 Å². The van der Waals surface area contributed by atoms with Crippen LogP contribution >= 0.6 is 11.8 Å². The van der Waals surface area contributed by atoms with E-state index in [-0.39, 0.29) is 0 Å². The zero-order chi connectivity index (χ0) is 10.2. The maximum absolute atomic E-state index is 3.81. The van der Waals surface area contributed by atoms with Gasteiger partial charge in [-0.2, -0.15) is 11.8 Å². The topological polar surface area (TPSA) is 15.3 Å². The molecular formula is C11H22N2S. The largest absolute Gasteiger partial charge is 0.311 e. The second kappa shape index (κ2) is 7.32. The van der Waals surface area contributed by atoms with Crippen LogP contribution in [0.25, 0.3) is 0 Å². The van der Waals surface area contributed by atoms with Gasteiger partial charge in [-0.1, -0.05) is 13.0 Å². The van der Waals surface area contributed by atoms with E-state index in [0.29, 0.717) is 6.04 Å². The van der Waals surface area contributed by atoms with Crippen LogP contribution in [0.2, 0.25) is 0 Å². The smallest absolute Gasteiger partial charge is 0.0286 e. The second-order valence-electron chi connectivity index (χ2n) is 3.77. The van der Waals surface area contributed by atoms with E-state index >= 15 is 0 Å². The summed E-state index contributed by atoms with van der Waals surface area (Å²) in [6.07, 6.45) is 3.24. The number of hydrogen-bond donors (Lipinski definition) is 1. The first-order chi connectivity index (χ1) is 6.86. The number of rotatable bonds is 6. The number of hydrogen-bond acceptors (Lipinski definition) is 3. The molecule has 1 fully saturated rings. The molecule has 0 bridgehead atoms. The van der Waals surface area contributed by atoms with Gasteiger partial charge in [0.2, 0.25) is 0 Å². The summed E-state index contributed by atoms with van der Waals surface area (Å²) in [5, 5.41) is 3.57. The fraction of sp³-hybridized carbons (Fsp3) is 0.818. The van der Waals surface area contributed by atoms with Crippen LogP contribution in [0.1, 0.15) is 13.3 Å². The molecule has 0 amide bonds. The van der Waals surface area contributed by atoms with E-state index in [1.54, 1.807) is 0 Å². The van der Waals surface area contributed by atoms with Crippen molar-refractivity contribution in [3.8, 4) is 0 Å². The molecule has 1 saturated heterocycles. The monoisotopic (exact) mass is 214 g/mol. The molecule has 1 unspecified atom stereocenters. The molecule has 0 spiro atoms. The summed E-state index contributed by atoms with van der Waals surface area (Å²) in [5.41, 5.74) is 0. The Hall–Kier alpha value is 0.01000. The molecule has 0 aromatic heterocycles. The summed E-state index contributed by atoms with van der Waals surface area (Å²) in [4.78, 5) is 2.48. The van der Waals surface area contributed by atoms with E-state index in [1.807, 2.05) is 6.08 Å². The lowest BCUT2D eigenvalue weighted by molar-refractivity contribution is 0.273. The van der Waals surface area contributed by atoms with Gasteiger partial charge in [0.05, 0.1) is 0 Å². The minimum atomic E-state index is 0.681. The van der Waals surface area contributed by atoms with Crippen LogP contribution in [-0.2, 0) is 0 Å². The Morgan fingerprint density at radius 2 is 2.50 bits per heavy atom. The summed E-state index contributed by atoms with van der Waals surface area (Å²) in [6, 6.07) is 0.681. The van der Waals surface area contributed by atoms with Crippen molar-refractivity contribution in [3.05, 3.63) is 12.7 Å². The van der Waals surface area contributed by atoms with Crippen molar-refractivity contribution in [2.45, 2.75) is 19.4 Å². The summed E-state index contributed by atoms with van der Waals surface area (Å²) in [5.74, 6) is 2.53. The van der Waals surface area contributed by atoms with E-state index in [9.17, 15) is 0 Å². The van der Waals surface area contributed by atoms with Crippen LogP contribution in [0.5, 0.6) is 0 Å². The molecule has 1 atom stereocenters. The average Bonchev–Trinajstić information content (AvgIpc) is 2.20. The van der Waals surface area contributed by atoms with Crippen LogP contribution in [0.4, 0.5) is 0 Å². The van der Waals surface area contributed by atoms with Crippen LogP contribution < -0.4 is 5.32 Å². The van der Waals surface area contributed by atoms with Gasteiger partial charge in [0.1, 0.15) is 0 Å². The highest BCUT2D eigenvalue weighted by molar-refractivity contribution is 7.99. The molecular weight excluding hydrogens is 192 g/mol. The van der Waals surface area contributed by atoms with Gasteiger partial charge < -0.3 is 5.32 Å². The Balaban J connectivity index is 2.25. The zero-order valence-electron chi connectivity index (χ0n) is 9.17. The SMILES string of the molecule is C=CCN(CCC)CC1CSCCN1. The maximum atomic E-state index is 3.81. The van der Waals surface area contributed by atoms with Crippen LogP contribution in [0.3, 0.4) is 0 Å². The summed E-state index contributed by atoms with van der Waals surface area (Å²) in [6.45, 7) is 10.6. The molecule has 0 aliphatic carbocycles. The Bertz CT molecular complexity index is 155. The van der Waals surface area contributed by atoms with Crippen molar-refractivity contribution in [1.29, 1.82) is 0 Å². The summed E-state index contributed by atoms with van der Waals surface area (Å²) < 4.78 is 0. The Morgan fingerprint density at radius 1 is 1.64 bits per heavy atom. The first-order valence-electron chi connectivity index (χ1n) is 5.51. The third kappa shape index (κ3) is 4.49. The minimum Gasteiger partial charge on any atom is -0.311 e. The van der Waals surface area contributed by atoms with Gasteiger partial charge >= 0.3 is 0 Å². The predicted molar refractivity (Wildman–Crippen MR) is 66.0 cm³/mol. The quantitative estimate of drug-likeness (QED) is 0.676. The molecule has 1 aliphatic heterocycles. The van der Waals surface area contributed by atoms with Crippen molar-refractivity contribution >= 4 is 11.8 Å². The normalized spacial score (nSPS) is 22.6. The fourth-order valence-electron chi connectivity index (χ4n) is 1.80. The van der Waals surface area contributed by atoms with Crippen molar-refractivity contribution < 1.29 is 0 Å². The average molecular weight is 214 g/mol. The highest BCUT2D eigenvalue weighted by atomic mass is 32.2. The minimum absolute atomic E-state index is 0.681. The third-order valence-electron chi connectivity index (χ3n) is 2.40. The Morgan fingerprint density at radius 3 is 3.07 bits per heavy atom. The lowest BCUT2D eigenvalue weighted by Gasteiger charge is -2.29. The van der Waals surface area contributed by atoms with E-state index in [2.05, 4.69) is 35.5 Å².